The highest BCUT2D eigenvalue weighted by atomic mass is 16.5. The number of nitrogen functional groups attached to an aromatic ring is 1. The van der Waals surface area contributed by atoms with Crippen molar-refractivity contribution in [2.24, 2.45) is 5.41 Å². The number of hydrogen-bond donors (Lipinski definition) is 1. The lowest BCUT2D eigenvalue weighted by atomic mass is 9.61. The first-order valence-electron chi connectivity index (χ1n) is 4.32. The number of hydrogen-bond acceptors (Lipinski definition) is 3. The molecule has 0 bridgehead atoms. The molecule has 1 saturated carbocycles. The van der Waals surface area contributed by atoms with Crippen LogP contribution in [0.1, 0.15) is 38.3 Å². The van der Waals surface area contributed by atoms with E-state index in [2.05, 4.69) is 19.0 Å². The number of nitrogens with zero attached hydrogens (tertiary/aromatic N) is 1. The molecule has 2 rings (SSSR count). The summed E-state index contributed by atoms with van der Waals surface area (Å²) in [5.41, 5.74) is 6.85. The van der Waals surface area contributed by atoms with Crippen LogP contribution in [0.3, 0.4) is 0 Å². The van der Waals surface area contributed by atoms with Crippen molar-refractivity contribution in [3.8, 4) is 0 Å². The normalized spacial score (nSPS) is 26.7. The van der Waals surface area contributed by atoms with E-state index in [0.29, 0.717) is 17.2 Å². The van der Waals surface area contributed by atoms with Crippen LogP contribution in [0.15, 0.2) is 10.6 Å². The van der Waals surface area contributed by atoms with Crippen molar-refractivity contribution in [3.05, 3.63) is 11.8 Å². The Morgan fingerprint density at radius 3 is 2.75 bits per heavy atom. The third-order valence-corrected chi connectivity index (χ3v) is 2.92. The van der Waals surface area contributed by atoms with Crippen LogP contribution < -0.4 is 5.73 Å². The summed E-state index contributed by atoms with van der Waals surface area (Å²) in [6.07, 6.45) is 2.48. The highest BCUT2D eigenvalue weighted by Crippen LogP contribution is 2.51. The van der Waals surface area contributed by atoms with E-state index in [1.54, 1.807) is 0 Å². The van der Waals surface area contributed by atoms with E-state index in [1.807, 2.05) is 6.07 Å². The molecule has 0 radical (unpaired) electrons. The molecule has 0 aliphatic heterocycles. The van der Waals surface area contributed by atoms with Gasteiger partial charge in [0.1, 0.15) is 0 Å². The van der Waals surface area contributed by atoms with Gasteiger partial charge >= 0.3 is 0 Å². The first-order valence-corrected chi connectivity index (χ1v) is 4.32. The predicted molar refractivity (Wildman–Crippen MR) is 46.7 cm³/mol. The third kappa shape index (κ3) is 1.00. The molecule has 0 aromatic carbocycles. The number of aromatic nitrogens is 1. The Bertz CT molecular complexity index is 290. The molecule has 1 heterocycles. The average molecular weight is 166 g/mol. The molecule has 1 aromatic heterocycles. The van der Waals surface area contributed by atoms with Gasteiger partial charge in [-0.15, -0.1) is 0 Å². The van der Waals surface area contributed by atoms with Gasteiger partial charge in [0.25, 0.3) is 0 Å². The van der Waals surface area contributed by atoms with E-state index in [1.165, 1.54) is 12.8 Å². The van der Waals surface area contributed by atoms with E-state index in [4.69, 9.17) is 10.3 Å². The van der Waals surface area contributed by atoms with Crippen LogP contribution in [0, 0.1) is 5.41 Å². The fourth-order valence-electron chi connectivity index (χ4n) is 1.88. The molecular formula is C9H14N2O. The second kappa shape index (κ2) is 2.25. The van der Waals surface area contributed by atoms with Crippen LogP contribution in [-0.4, -0.2) is 5.16 Å². The summed E-state index contributed by atoms with van der Waals surface area (Å²) in [4.78, 5) is 0. The molecule has 0 spiro atoms. The first kappa shape index (κ1) is 7.65. The lowest BCUT2D eigenvalue weighted by Gasteiger charge is -2.43. The van der Waals surface area contributed by atoms with Crippen LogP contribution in [0.25, 0.3) is 0 Å². The SMILES string of the molecule is CC1(C)CCC1c1cc(N)on1. The molecular weight excluding hydrogens is 152 g/mol. The van der Waals surface area contributed by atoms with Crippen molar-refractivity contribution >= 4 is 5.88 Å². The van der Waals surface area contributed by atoms with Crippen molar-refractivity contribution in [3.63, 3.8) is 0 Å². The van der Waals surface area contributed by atoms with Gasteiger partial charge in [-0.05, 0) is 18.3 Å². The Kier molecular flexibility index (Phi) is 1.43. The summed E-state index contributed by atoms with van der Waals surface area (Å²) in [6.45, 7) is 4.51. The molecule has 1 unspecified atom stereocenters. The first-order chi connectivity index (χ1) is 5.59. The van der Waals surface area contributed by atoms with Crippen LogP contribution in [-0.2, 0) is 0 Å². The standard InChI is InChI=1S/C9H14N2O/c1-9(2)4-3-6(9)7-5-8(10)12-11-7/h5-6H,3-4,10H2,1-2H3. The van der Waals surface area contributed by atoms with Crippen LogP contribution in [0.5, 0.6) is 0 Å². The smallest absolute Gasteiger partial charge is 0.222 e. The molecule has 1 atom stereocenters. The maximum absolute atomic E-state index is 5.45. The highest BCUT2D eigenvalue weighted by Gasteiger charge is 2.41. The summed E-state index contributed by atoms with van der Waals surface area (Å²) in [5.74, 6) is 0.964. The molecule has 3 heteroatoms. The summed E-state index contributed by atoms with van der Waals surface area (Å²) in [5, 5.41) is 3.93. The van der Waals surface area contributed by atoms with Crippen molar-refractivity contribution in [2.45, 2.75) is 32.6 Å². The Balaban J connectivity index is 2.21. The van der Waals surface area contributed by atoms with Gasteiger partial charge in [0.05, 0.1) is 5.69 Å². The van der Waals surface area contributed by atoms with Crippen LogP contribution in [0.4, 0.5) is 5.88 Å². The Hall–Kier alpha value is -0.990. The van der Waals surface area contributed by atoms with Gasteiger partial charge in [0.2, 0.25) is 5.88 Å². The Labute approximate surface area is 71.9 Å². The van der Waals surface area contributed by atoms with Crippen LogP contribution in [0.2, 0.25) is 0 Å². The van der Waals surface area contributed by atoms with Crippen molar-refractivity contribution in [1.82, 2.24) is 5.16 Å². The van der Waals surface area contributed by atoms with E-state index in [9.17, 15) is 0 Å². The maximum atomic E-state index is 5.45. The van der Waals surface area contributed by atoms with Gasteiger partial charge in [0, 0.05) is 12.0 Å². The largest absolute Gasteiger partial charge is 0.368 e. The summed E-state index contributed by atoms with van der Waals surface area (Å²) in [6, 6.07) is 1.84. The molecule has 0 saturated heterocycles. The average Bonchev–Trinajstić information content (AvgIpc) is 2.34. The molecule has 2 N–H and O–H groups in total. The van der Waals surface area contributed by atoms with Crippen molar-refractivity contribution in [1.29, 1.82) is 0 Å². The zero-order valence-electron chi connectivity index (χ0n) is 7.50. The number of anilines is 1. The van der Waals surface area contributed by atoms with Crippen molar-refractivity contribution in [2.75, 3.05) is 5.73 Å². The van der Waals surface area contributed by atoms with E-state index < -0.39 is 0 Å². The van der Waals surface area contributed by atoms with Gasteiger partial charge < -0.3 is 10.3 Å². The fourth-order valence-corrected chi connectivity index (χ4v) is 1.88. The van der Waals surface area contributed by atoms with Gasteiger partial charge in [-0.1, -0.05) is 19.0 Å². The van der Waals surface area contributed by atoms with Gasteiger partial charge in [-0.2, -0.15) is 0 Å². The quantitative estimate of drug-likeness (QED) is 0.695. The molecule has 1 aliphatic carbocycles. The van der Waals surface area contributed by atoms with Gasteiger partial charge in [-0.25, -0.2) is 0 Å². The van der Waals surface area contributed by atoms with Gasteiger partial charge in [0.15, 0.2) is 0 Å². The topological polar surface area (TPSA) is 52.0 Å². The molecule has 3 nitrogen and oxygen atoms in total. The lowest BCUT2D eigenvalue weighted by Crippen LogP contribution is -2.32. The fraction of sp³-hybridized carbons (Fsp3) is 0.667. The minimum atomic E-state index is 0.378. The molecule has 12 heavy (non-hydrogen) atoms. The summed E-state index contributed by atoms with van der Waals surface area (Å²) in [7, 11) is 0. The molecule has 66 valence electrons. The summed E-state index contributed by atoms with van der Waals surface area (Å²) >= 11 is 0. The van der Waals surface area contributed by atoms with E-state index >= 15 is 0 Å². The molecule has 1 fully saturated rings. The second-order valence-electron chi connectivity index (χ2n) is 4.23. The van der Waals surface area contributed by atoms with Crippen LogP contribution >= 0.6 is 0 Å². The predicted octanol–water partition coefficient (Wildman–Crippen LogP) is 2.16. The molecule has 1 aromatic rings. The molecule has 0 amide bonds. The highest BCUT2D eigenvalue weighted by molar-refractivity contribution is 5.28. The zero-order chi connectivity index (χ0) is 8.77. The minimum Gasteiger partial charge on any atom is -0.368 e. The number of rotatable bonds is 1. The summed E-state index contributed by atoms with van der Waals surface area (Å²) < 4.78 is 4.84. The monoisotopic (exact) mass is 166 g/mol. The minimum absolute atomic E-state index is 0.378. The van der Waals surface area contributed by atoms with Gasteiger partial charge in [-0.3, -0.25) is 0 Å². The van der Waals surface area contributed by atoms with E-state index in [-0.39, 0.29) is 0 Å². The Morgan fingerprint density at radius 2 is 2.42 bits per heavy atom. The third-order valence-electron chi connectivity index (χ3n) is 2.92. The maximum Gasteiger partial charge on any atom is 0.222 e. The number of nitrogens with two attached hydrogens (primary N) is 1. The Morgan fingerprint density at radius 1 is 1.67 bits per heavy atom. The van der Waals surface area contributed by atoms with Crippen molar-refractivity contribution < 1.29 is 4.52 Å². The molecule has 1 aliphatic rings. The lowest BCUT2D eigenvalue weighted by molar-refractivity contribution is 0.132. The second-order valence-corrected chi connectivity index (χ2v) is 4.23. The van der Waals surface area contributed by atoms with E-state index in [0.717, 1.165) is 5.69 Å². The zero-order valence-corrected chi connectivity index (χ0v) is 7.50.